The molecule has 0 aliphatic rings. The molecule has 3 aromatic carbocycles. The second kappa shape index (κ2) is 8.97. The maximum absolute atomic E-state index is 11.3. The lowest BCUT2D eigenvalue weighted by Crippen LogP contribution is -2.16. The van der Waals surface area contributed by atoms with E-state index in [2.05, 4.69) is 41.7 Å². The lowest BCUT2D eigenvalue weighted by Gasteiger charge is -2.08. The third-order valence-corrected chi connectivity index (χ3v) is 4.18. The summed E-state index contributed by atoms with van der Waals surface area (Å²) >= 11 is 0. The van der Waals surface area contributed by atoms with Crippen molar-refractivity contribution in [2.24, 2.45) is 0 Å². The van der Waals surface area contributed by atoms with Gasteiger partial charge in [0.1, 0.15) is 11.5 Å². The van der Waals surface area contributed by atoms with Gasteiger partial charge in [-0.2, -0.15) is 0 Å². The van der Waals surface area contributed by atoms with Gasteiger partial charge >= 0.3 is 0 Å². The molecule has 0 atom stereocenters. The van der Waals surface area contributed by atoms with E-state index in [1.54, 1.807) is 19.1 Å². The molecule has 3 aromatic rings. The van der Waals surface area contributed by atoms with E-state index in [1.807, 2.05) is 30.3 Å². The smallest absolute Gasteiger partial charge is 0.159 e. The highest BCUT2D eigenvalue weighted by molar-refractivity contribution is 5.94. The average molecular weight is 345 g/mol. The van der Waals surface area contributed by atoms with Crippen LogP contribution in [0.25, 0.3) is 0 Å². The molecule has 1 N–H and O–H groups in total. The topological polar surface area (TPSA) is 38.3 Å². The van der Waals surface area contributed by atoms with Gasteiger partial charge in [-0.3, -0.25) is 4.79 Å². The van der Waals surface area contributed by atoms with Crippen LogP contribution in [0.3, 0.4) is 0 Å². The molecule has 26 heavy (non-hydrogen) atoms. The summed E-state index contributed by atoms with van der Waals surface area (Å²) < 4.78 is 5.82. The van der Waals surface area contributed by atoms with Crippen LogP contribution < -0.4 is 10.1 Å². The van der Waals surface area contributed by atoms with Crippen LogP contribution in [0.5, 0.6) is 11.5 Å². The van der Waals surface area contributed by atoms with Gasteiger partial charge in [0.05, 0.1) is 0 Å². The molecule has 0 saturated carbocycles. The number of ether oxygens (including phenoxy) is 1. The Morgan fingerprint density at radius 2 is 1.42 bits per heavy atom. The van der Waals surface area contributed by atoms with E-state index >= 15 is 0 Å². The minimum absolute atomic E-state index is 0.0572. The number of carbonyl (C=O) groups is 1. The molecule has 0 aliphatic carbocycles. The van der Waals surface area contributed by atoms with Crippen LogP contribution in [0, 0.1) is 0 Å². The number of ketones is 1. The number of hydrogen-bond acceptors (Lipinski definition) is 3. The Morgan fingerprint density at radius 1 is 0.808 bits per heavy atom. The zero-order valence-corrected chi connectivity index (χ0v) is 14.9. The van der Waals surface area contributed by atoms with E-state index in [0.29, 0.717) is 5.56 Å². The lowest BCUT2D eigenvalue weighted by atomic mass is 10.1. The van der Waals surface area contributed by atoms with E-state index in [-0.39, 0.29) is 5.78 Å². The van der Waals surface area contributed by atoms with Crippen molar-refractivity contribution < 1.29 is 9.53 Å². The van der Waals surface area contributed by atoms with Gasteiger partial charge < -0.3 is 10.1 Å². The van der Waals surface area contributed by atoms with E-state index in [1.165, 1.54) is 11.1 Å². The predicted octanol–water partition coefficient (Wildman–Crippen LogP) is 5.01. The Hall–Kier alpha value is -2.91. The fourth-order valence-corrected chi connectivity index (χ4v) is 2.68. The highest BCUT2D eigenvalue weighted by Gasteiger charge is 2.01. The third kappa shape index (κ3) is 5.30. The lowest BCUT2D eigenvalue weighted by molar-refractivity contribution is 0.101. The molecule has 0 bridgehead atoms. The van der Waals surface area contributed by atoms with Crippen molar-refractivity contribution in [2.75, 3.05) is 6.54 Å². The minimum atomic E-state index is 0.0572. The van der Waals surface area contributed by atoms with Gasteiger partial charge in [-0.15, -0.1) is 0 Å². The first-order valence-electron chi connectivity index (χ1n) is 8.83. The molecule has 0 saturated heterocycles. The van der Waals surface area contributed by atoms with E-state index < -0.39 is 0 Å². The van der Waals surface area contributed by atoms with Crippen LogP contribution in [0.2, 0.25) is 0 Å². The molecule has 0 heterocycles. The van der Waals surface area contributed by atoms with Gasteiger partial charge in [-0.25, -0.2) is 0 Å². The van der Waals surface area contributed by atoms with Crippen molar-refractivity contribution in [3.05, 3.63) is 95.6 Å². The molecule has 0 fully saturated rings. The van der Waals surface area contributed by atoms with Crippen LogP contribution in [0.1, 0.15) is 28.4 Å². The summed E-state index contributed by atoms with van der Waals surface area (Å²) in [7, 11) is 0. The first kappa shape index (κ1) is 17.9. The summed E-state index contributed by atoms with van der Waals surface area (Å²) in [5.41, 5.74) is 3.26. The van der Waals surface area contributed by atoms with Crippen molar-refractivity contribution in [1.29, 1.82) is 0 Å². The van der Waals surface area contributed by atoms with Crippen LogP contribution in [0.15, 0.2) is 78.9 Å². The maximum atomic E-state index is 11.3. The maximum Gasteiger partial charge on any atom is 0.159 e. The van der Waals surface area contributed by atoms with Crippen LogP contribution in [-0.2, 0) is 13.0 Å². The molecule has 0 aromatic heterocycles. The molecule has 0 spiro atoms. The normalized spacial score (nSPS) is 10.5. The van der Waals surface area contributed by atoms with Gasteiger partial charge in [0.15, 0.2) is 5.78 Å². The van der Waals surface area contributed by atoms with Crippen molar-refractivity contribution in [2.45, 2.75) is 19.9 Å². The zero-order valence-electron chi connectivity index (χ0n) is 14.9. The van der Waals surface area contributed by atoms with Crippen molar-refractivity contribution in [3.63, 3.8) is 0 Å². The van der Waals surface area contributed by atoms with Crippen LogP contribution in [-0.4, -0.2) is 12.3 Å². The standard InChI is InChI=1S/C23H23NO2/c1-18(25)21-9-13-23(14-10-21)26-22-11-7-19(8-12-22)15-16-24-17-20-5-3-2-4-6-20/h2-14,24H,15-17H2,1H3. The molecule has 3 heteroatoms. The number of carbonyl (C=O) groups excluding carboxylic acids is 1. The summed E-state index contributed by atoms with van der Waals surface area (Å²) in [6, 6.07) is 25.7. The summed E-state index contributed by atoms with van der Waals surface area (Å²) in [6.45, 7) is 3.38. The number of benzene rings is 3. The quantitative estimate of drug-likeness (QED) is 0.460. The Balaban J connectivity index is 1.46. The van der Waals surface area contributed by atoms with Crippen molar-refractivity contribution in [3.8, 4) is 11.5 Å². The van der Waals surface area contributed by atoms with Crippen LogP contribution in [0.4, 0.5) is 0 Å². The molecule has 3 rings (SSSR count). The fraction of sp³-hybridized carbons (Fsp3) is 0.174. The summed E-state index contributed by atoms with van der Waals surface area (Å²) in [6.07, 6.45) is 0.973. The SMILES string of the molecule is CC(=O)c1ccc(Oc2ccc(CCNCc3ccccc3)cc2)cc1. The average Bonchev–Trinajstić information content (AvgIpc) is 2.68. The fourth-order valence-electron chi connectivity index (χ4n) is 2.68. The van der Waals surface area contributed by atoms with E-state index in [0.717, 1.165) is 31.0 Å². The summed E-state index contributed by atoms with van der Waals surface area (Å²) in [5, 5.41) is 3.46. The van der Waals surface area contributed by atoms with Gasteiger partial charge in [-0.1, -0.05) is 42.5 Å². The molecule has 0 radical (unpaired) electrons. The monoisotopic (exact) mass is 345 g/mol. The Kier molecular flexibility index (Phi) is 6.18. The molecular weight excluding hydrogens is 322 g/mol. The number of Topliss-reactive ketones (excluding diaryl/α,β-unsaturated/α-hetero) is 1. The van der Waals surface area contributed by atoms with Gasteiger partial charge in [0, 0.05) is 12.1 Å². The molecule has 3 nitrogen and oxygen atoms in total. The largest absolute Gasteiger partial charge is 0.457 e. The van der Waals surface area contributed by atoms with Crippen molar-refractivity contribution in [1.82, 2.24) is 5.32 Å². The Bertz CT molecular complexity index is 824. The van der Waals surface area contributed by atoms with Crippen LogP contribution >= 0.6 is 0 Å². The third-order valence-electron chi connectivity index (χ3n) is 4.18. The highest BCUT2D eigenvalue weighted by atomic mass is 16.5. The van der Waals surface area contributed by atoms with Gasteiger partial charge in [0.25, 0.3) is 0 Å². The van der Waals surface area contributed by atoms with Gasteiger partial charge in [-0.05, 0) is 67.4 Å². The summed E-state index contributed by atoms with van der Waals surface area (Å²) in [5.74, 6) is 1.58. The first-order valence-corrected chi connectivity index (χ1v) is 8.83. The number of rotatable bonds is 8. The second-order valence-corrected chi connectivity index (χ2v) is 6.24. The molecule has 0 unspecified atom stereocenters. The van der Waals surface area contributed by atoms with Gasteiger partial charge in [0.2, 0.25) is 0 Å². The molecular formula is C23H23NO2. The Labute approximate surface area is 154 Å². The summed E-state index contributed by atoms with van der Waals surface area (Å²) in [4.78, 5) is 11.3. The molecule has 0 aliphatic heterocycles. The van der Waals surface area contributed by atoms with E-state index in [4.69, 9.17) is 4.74 Å². The number of nitrogens with one attached hydrogen (secondary N) is 1. The predicted molar refractivity (Wildman–Crippen MR) is 105 cm³/mol. The highest BCUT2D eigenvalue weighted by Crippen LogP contribution is 2.22. The minimum Gasteiger partial charge on any atom is -0.457 e. The number of hydrogen-bond donors (Lipinski definition) is 1. The molecule has 0 amide bonds. The Morgan fingerprint density at radius 3 is 2.04 bits per heavy atom. The first-order chi connectivity index (χ1) is 12.7. The molecule has 132 valence electrons. The van der Waals surface area contributed by atoms with E-state index in [9.17, 15) is 4.79 Å². The zero-order chi connectivity index (χ0) is 18.2. The second-order valence-electron chi connectivity index (χ2n) is 6.24. The van der Waals surface area contributed by atoms with Crippen molar-refractivity contribution >= 4 is 5.78 Å².